The summed E-state index contributed by atoms with van der Waals surface area (Å²) in [7, 11) is 3.89. The largest absolute Gasteiger partial charge is 0.416 e. The van der Waals surface area contributed by atoms with Gasteiger partial charge in [-0.1, -0.05) is 30.3 Å². The fourth-order valence-electron chi connectivity index (χ4n) is 2.56. The van der Waals surface area contributed by atoms with Crippen molar-refractivity contribution >= 4 is 11.4 Å². The zero-order valence-electron chi connectivity index (χ0n) is 13.8. The van der Waals surface area contributed by atoms with Crippen LogP contribution in [0.3, 0.4) is 0 Å². The summed E-state index contributed by atoms with van der Waals surface area (Å²) >= 11 is 0. The third-order valence-corrected chi connectivity index (χ3v) is 3.92. The van der Waals surface area contributed by atoms with E-state index in [1.165, 1.54) is 0 Å². The number of nitro groups is 1. The van der Waals surface area contributed by atoms with Gasteiger partial charge in [0.2, 0.25) is 0 Å². The van der Waals surface area contributed by atoms with Crippen LogP contribution >= 0.6 is 0 Å². The van der Waals surface area contributed by atoms with E-state index >= 15 is 0 Å². The zero-order chi connectivity index (χ0) is 18.6. The Morgan fingerprint density at radius 3 is 2.32 bits per heavy atom. The lowest BCUT2D eigenvalue weighted by Gasteiger charge is -2.22. The Balaban J connectivity index is 2.25. The second-order valence-electron chi connectivity index (χ2n) is 5.91. The number of nitrogens with one attached hydrogen (secondary N) is 2. The lowest BCUT2D eigenvalue weighted by Crippen LogP contribution is -3.06. The maximum absolute atomic E-state index is 12.8. The maximum Gasteiger partial charge on any atom is 0.416 e. The van der Waals surface area contributed by atoms with Crippen molar-refractivity contribution in [3.8, 4) is 0 Å². The smallest absolute Gasteiger partial charge is 0.373 e. The molecule has 0 amide bonds. The number of quaternary nitrogens is 1. The molecule has 0 saturated heterocycles. The number of rotatable bonds is 6. The van der Waals surface area contributed by atoms with Gasteiger partial charge in [0.15, 0.2) is 0 Å². The summed E-state index contributed by atoms with van der Waals surface area (Å²) in [5.74, 6) is 0. The van der Waals surface area contributed by atoms with Gasteiger partial charge in [0, 0.05) is 11.6 Å². The van der Waals surface area contributed by atoms with Crippen LogP contribution in [0.25, 0.3) is 0 Å². The quantitative estimate of drug-likeness (QED) is 0.619. The van der Waals surface area contributed by atoms with Gasteiger partial charge >= 0.3 is 6.18 Å². The molecule has 2 aromatic carbocycles. The Kier molecular flexibility index (Phi) is 5.63. The van der Waals surface area contributed by atoms with E-state index in [9.17, 15) is 23.3 Å². The van der Waals surface area contributed by atoms with Gasteiger partial charge in [0.05, 0.1) is 31.1 Å². The Morgan fingerprint density at radius 2 is 1.80 bits per heavy atom. The van der Waals surface area contributed by atoms with E-state index in [-0.39, 0.29) is 11.7 Å². The van der Waals surface area contributed by atoms with E-state index in [4.69, 9.17) is 0 Å². The van der Waals surface area contributed by atoms with Gasteiger partial charge in [0.1, 0.15) is 11.7 Å². The summed E-state index contributed by atoms with van der Waals surface area (Å²) < 4.78 is 38.3. The third kappa shape index (κ3) is 4.69. The van der Waals surface area contributed by atoms with E-state index in [1.54, 1.807) is 0 Å². The Labute approximate surface area is 143 Å². The highest BCUT2D eigenvalue weighted by Gasteiger charge is 2.33. The van der Waals surface area contributed by atoms with Gasteiger partial charge in [0.25, 0.3) is 5.69 Å². The van der Waals surface area contributed by atoms with Crippen molar-refractivity contribution in [1.82, 2.24) is 0 Å². The SMILES string of the molecule is C[NH+](C)[C@@H](CNc1ccc(C(F)(F)F)cc1[N+](=O)[O-])c1ccccc1. The molecule has 25 heavy (non-hydrogen) atoms. The standard InChI is InChI=1S/C17H18F3N3O2/c1-22(2)16(12-6-4-3-5-7-12)11-21-14-9-8-13(17(18,19)20)10-15(14)23(24)25/h3-10,16,21H,11H2,1-2H3/p+1/t16-/m0/s1. The molecule has 0 fully saturated rings. The van der Waals surface area contributed by atoms with Crippen LogP contribution < -0.4 is 10.2 Å². The van der Waals surface area contributed by atoms with E-state index < -0.39 is 22.4 Å². The van der Waals surface area contributed by atoms with Gasteiger partial charge in [-0.3, -0.25) is 10.1 Å². The summed E-state index contributed by atoms with van der Waals surface area (Å²) in [5, 5.41) is 14.1. The van der Waals surface area contributed by atoms with E-state index in [2.05, 4.69) is 5.32 Å². The lowest BCUT2D eigenvalue weighted by atomic mass is 10.1. The normalized spacial score (nSPS) is 12.9. The van der Waals surface area contributed by atoms with E-state index in [1.807, 2.05) is 44.4 Å². The lowest BCUT2D eigenvalue weighted by molar-refractivity contribution is -0.890. The number of benzene rings is 2. The molecule has 0 aliphatic carbocycles. The first kappa shape index (κ1) is 18.7. The molecule has 0 spiro atoms. The van der Waals surface area contributed by atoms with Gasteiger partial charge in [-0.2, -0.15) is 13.2 Å². The number of hydrogen-bond donors (Lipinski definition) is 2. The minimum absolute atomic E-state index is 0.0110. The number of nitrogens with zero attached hydrogens (tertiary/aromatic N) is 1. The second kappa shape index (κ2) is 7.52. The van der Waals surface area contributed by atoms with Gasteiger partial charge in [-0.05, 0) is 12.1 Å². The molecule has 0 aliphatic rings. The van der Waals surface area contributed by atoms with Gasteiger partial charge < -0.3 is 10.2 Å². The van der Waals surface area contributed by atoms with Crippen LogP contribution in [0.15, 0.2) is 48.5 Å². The molecule has 0 saturated carbocycles. The van der Waals surface area contributed by atoms with Gasteiger partial charge in [-0.15, -0.1) is 0 Å². The number of halogens is 3. The van der Waals surface area contributed by atoms with Crippen molar-refractivity contribution in [2.75, 3.05) is 26.0 Å². The zero-order valence-corrected chi connectivity index (χ0v) is 13.8. The van der Waals surface area contributed by atoms with Crippen molar-refractivity contribution in [1.29, 1.82) is 0 Å². The molecule has 2 aromatic rings. The first-order chi connectivity index (χ1) is 11.7. The first-order valence-electron chi connectivity index (χ1n) is 7.64. The first-order valence-corrected chi connectivity index (χ1v) is 7.64. The molecule has 1 atom stereocenters. The van der Waals surface area contributed by atoms with Crippen LogP contribution in [0.5, 0.6) is 0 Å². The highest BCUT2D eigenvalue weighted by molar-refractivity contribution is 5.63. The summed E-state index contributed by atoms with van der Waals surface area (Å²) in [6.45, 7) is 0.346. The minimum atomic E-state index is -4.62. The third-order valence-electron chi connectivity index (χ3n) is 3.92. The Morgan fingerprint density at radius 1 is 1.16 bits per heavy atom. The molecule has 134 valence electrons. The minimum Gasteiger partial charge on any atom is -0.373 e. The topological polar surface area (TPSA) is 59.6 Å². The Hall–Kier alpha value is -2.61. The highest BCUT2D eigenvalue weighted by atomic mass is 19.4. The summed E-state index contributed by atoms with van der Waals surface area (Å²) in [5.41, 5.74) is -0.525. The summed E-state index contributed by atoms with van der Waals surface area (Å²) in [6, 6.07) is 12.1. The summed E-state index contributed by atoms with van der Waals surface area (Å²) in [6.07, 6.45) is -4.62. The Bertz CT molecular complexity index is 734. The number of likely N-dealkylation sites (N-methyl/N-ethyl adjacent to an activating group) is 1. The predicted octanol–water partition coefficient (Wildman–Crippen LogP) is 2.91. The molecular weight excluding hydrogens is 335 g/mol. The molecule has 0 aromatic heterocycles. The van der Waals surface area contributed by atoms with Crippen molar-refractivity contribution in [3.63, 3.8) is 0 Å². The maximum atomic E-state index is 12.8. The molecule has 0 aliphatic heterocycles. The van der Waals surface area contributed by atoms with Gasteiger partial charge in [-0.25, -0.2) is 0 Å². The monoisotopic (exact) mass is 354 g/mol. The molecule has 0 bridgehead atoms. The van der Waals surface area contributed by atoms with E-state index in [0.717, 1.165) is 22.6 Å². The van der Waals surface area contributed by atoms with Crippen LogP contribution in [-0.2, 0) is 6.18 Å². The van der Waals surface area contributed by atoms with Crippen molar-refractivity contribution in [2.24, 2.45) is 0 Å². The number of hydrogen-bond acceptors (Lipinski definition) is 3. The molecule has 2 rings (SSSR count). The number of nitro benzene ring substituents is 1. The molecule has 0 unspecified atom stereocenters. The average molecular weight is 354 g/mol. The van der Waals surface area contributed by atoms with Crippen LogP contribution in [0.2, 0.25) is 0 Å². The molecule has 2 N–H and O–H groups in total. The molecule has 5 nitrogen and oxygen atoms in total. The van der Waals surface area contributed by atoms with Crippen molar-refractivity contribution in [3.05, 3.63) is 69.8 Å². The van der Waals surface area contributed by atoms with Crippen LogP contribution in [0, 0.1) is 10.1 Å². The van der Waals surface area contributed by atoms with Crippen molar-refractivity contribution < 1.29 is 23.0 Å². The van der Waals surface area contributed by atoms with Crippen LogP contribution in [0.4, 0.5) is 24.5 Å². The van der Waals surface area contributed by atoms with Crippen LogP contribution in [0.1, 0.15) is 17.2 Å². The predicted molar refractivity (Wildman–Crippen MR) is 88.6 cm³/mol. The fraction of sp³-hybridized carbons (Fsp3) is 0.294. The van der Waals surface area contributed by atoms with Crippen LogP contribution in [-0.4, -0.2) is 25.6 Å². The summed E-state index contributed by atoms with van der Waals surface area (Å²) in [4.78, 5) is 11.4. The fourth-order valence-corrected chi connectivity index (χ4v) is 2.56. The molecule has 8 heteroatoms. The molecular formula is C17H19F3N3O2+. The van der Waals surface area contributed by atoms with E-state index in [0.29, 0.717) is 12.6 Å². The van der Waals surface area contributed by atoms with Crippen molar-refractivity contribution in [2.45, 2.75) is 12.2 Å². The number of alkyl halides is 3. The highest BCUT2D eigenvalue weighted by Crippen LogP contribution is 2.35. The molecule has 0 radical (unpaired) electrons. The number of anilines is 1. The molecule has 0 heterocycles. The second-order valence-corrected chi connectivity index (χ2v) is 5.91. The average Bonchev–Trinajstić information content (AvgIpc) is 2.54.